The van der Waals surface area contributed by atoms with Crippen LogP contribution in [-0.4, -0.2) is 38.7 Å². The molecule has 150 valence electrons. The maximum atomic E-state index is 12.5. The van der Waals surface area contributed by atoms with E-state index in [0.717, 1.165) is 37.3 Å². The standard InChI is InChI=1S/C18H22N6O2S.ClH/c1-11-14(20-17(26-11)13-5-8-27-10-13)9-15(25)21-18-22-16(23-24(18)2)12-3-6-19-7-4-12;/h5,8,10,12,19H,3-4,6-7,9H2,1-2H3,(H,21,22,23,25);1H. The van der Waals surface area contributed by atoms with E-state index in [0.29, 0.717) is 29.2 Å². The van der Waals surface area contributed by atoms with E-state index in [2.05, 4.69) is 25.7 Å². The number of thiophene rings is 1. The summed E-state index contributed by atoms with van der Waals surface area (Å²) >= 11 is 1.58. The van der Waals surface area contributed by atoms with Gasteiger partial charge in [-0.15, -0.1) is 12.4 Å². The summed E-state index contributed by atoms with van der Waals surface area (Å²) < 4.78 is 7.32. The molecule has 0 aliphatic carbocycles. The van der Waals surface area contributed by atoms with E-state index in [1.807, 2.05) is 23.8 Å². The van der Waals surface area contributed by atoms with Gasteiger partial charge in [-0.05, 0) is 44.3 Å². The molecule has 1 saturated heterocycles. The van der Waals surface area contributed by atoms with Crippen molar-refractivity contribution in [3.63, 3.8) is 0 Å². The molecule has 2 N–H and O–H groups in total. The van der Waals surface area contributed by atoms with Crippen molar-refractivity contribution in [2.75, 3.05) is 18.4 Å². The molecule has 4 heterocycles. The summed E-state index contributed by atoms with van der Waals surface area (Å²) in [4.78, 5) is 21.5. The summed E-state index contributed by atoms with van der Waals surface area (Å²) in [7, 11) is 1.79. The Bertz CT molecular complexity index is 930. The predicted octanol–water partition coefficient (Wildman–Crippen LogP) is 2.91. The normalized spacial score (nSPS) is 14.6. The minimum atomic E-state index is -0.185. The van der Waals surface area contributed by atoms with Crippen molar-refractivity contribution < 1.29 is 9.21 Å². The molecule has 1 aliphatic heterocycles. The second kappa shape index (κ2) is 8.85. The highest BCUT2D eigenvalue weighted by molar-refractivity contribution is 7.08. The molecule has 4 rings (SSSR count). The largest absolute Gasteiger partial charge is 0.441 e. The van der Waals surface area contributed by atoms with Gasteiger partial charge in [-0.1, -0.05) is 0 Å². The number of oxazole rings is 1. The van der Waals surface area contributed by atoms with Crippen LogP contribution >= 0.6 is 23.7 Å². The van der Waals surface area contributed by atoms with Crippen LogP contribution in [0.25, 0.3) is 11.5 Å². The van der Waals surface area contributed by atoms with Crippen molar-refractivity contribution in [3.8, 4) is 11.5 Å². The maximum Gasteiger partial charge on any atom is 0.232 e. The van der Waals surface area contributed by atoms with Crippen LogP contribution < -0.4 is 10.6 Å². The number of hydrogen-bond donors (Lipinski definition) is 2. The molecule has 10 heteroatoms. The van der Waals surface area contributed by atoms with Gasteiger partial charge in [0.05, 0.1) is 12.1 Å². The number of amides is 1. The average Bonchev–Trinajstić information content (AvgIpc) is 3.38. The number of piperidine rings is 1. The number of aryl methyl sites for hydroxylation is 2. The van der Waals surface area contributed by atoms with Crippen molar-refractivity contribution in [2.24, 2.45) is 7.05 Å². The summed E-state index contributed by atoms with van der Waals surface area (Å²) in [6.45, 7) is 3.77. The van der Waals surface area contributed by atoms with Crippen LogP contribution in [0, 0.1) is 6.92 Å². The molecule has 1 fully saturated rings. The molecule has 3 aromatic heterocycles. The molecule has 28 heavy (non-hydrogen) atoms. The molecule has 1 aliphatic rings. The molecule has 0 aromatic carbocycles. The van der Waals surface area contributed by atoms with Gasteiger partial charge in [-0.25, -0.2) is 9.67 Å². The molecule has 0 spiro atoms. The lowest BCUT2D eigenvalue weighted by Crippen LogP contribution is -2.27. The lowest BCUT2D eigenvalue weighted by Gasteiger charge is -2.19. The fourth-order valence-corrected chi connectivity index (χ4v) is 3.82. The van der Waals surface area contributed by atoms with Crippen LogP contribution in [0.2, 0.25) is 0 Å². The number of carbonyl (C=O) groups excluding carboxylic acids is 1. The Labute approximate surface area is 173 Å². The highest BCUT2D eigenvalue weighted by Gasteiger charge is 2.22. The third-order valence-electron chi connectivity index (χ3n) is 4.72. The lowest BCUT2D eigenvalue weighted by molar-refractivity contribution is -0.115. The first-order valence-corrected chi connectivity index (χ1v) is 9.95. The predicted molar refractivity (Wildman–Crippen MR) is 110 cm³/mol. The van der Waals surface area contributed by atoms with Crippen LogP contribution in [0.3, 0.4) is 0 Å². The molecule has 0 unspecified atom stereocenters. The van der Waals surface area contributed by atoms with Gasteiger partial charge in [-0.3, -0.25) is 10.1 Å². The summed E-state index contributed by atoms with van der Waals surface area (Å²) in [6.07, 6.45) is 2.16. The van der Waals surface area contributed by atoms with Gasteiger partial charge < -0.3 is 9.73 Å². The number of aromatic nitrogens is 4. The van der Waals surface area contributed by atoms with Gasteiger partial charge in [0, 0.05) is 23.9 Å². The Kier molecular flexibility index (Phi) is 6.48. The van der Waals surface area contributed by atoms with Gasteiger partial charge >= 0.3 is 0 Å². The summed E-state index contributed by atoms with van der Waals surface area (Å²) in [5.74, 6) is 2.62. The zero-order chi connectivity index (χ0) is 18.8. The number of carbonyl (C=O) groups is 1. The first kappa shape index (κ1) is 20.5. The summed E-state index contributed by atoms with van der Waals surface area (Å²) in [5, 5.41) is 14.6. The second-order valence-corrected chi connectivity index (χ2v) is 7.48. The Morgan fingerprint density at radius 1 is 1.39 bits per heavy atom. The molecule has 8 nitrogen and oxygen atoms in total. The first-order chi connectivity index (χ1) is 13.1. The topological polar surface area (TPSA) is 97.9 Å². The van der Waals surface area contributed by atoms with Crippen LogP contribution in [0.1, 0.15) is 36.0 Å². The van der Waals surface area contributed by atoms with Gasteiger partial charge in [0.15, 0.2) is 5.82 Å². The zero-order valence-corrected chi connectivity index (χ0v) is 17.4. The number of halogens is 1. The maximum absolute atomic E-state index is 12.5. The summed E-state index contributed by atoms with van der Waals surface area (Å²) in [5.41, 5.74) is 1.56. The van der Waals surface area contributed by atoms with E-state index in [-0.39, 0.29) is 24.7 Å². The van der Waals surface area contributed by atoms with Crippen LogP contribution in [0.5, 0.6) is 0 Å². The lowest BCUT2D eigenvalue weighted by atomic mass is 9.98. The van der Waals surface area contributed by atoms with Gasteiger partial charge in [-0.2, -0.15) is 21.4 Å². The molecule has 0 radical (unpaired) electrons. The van der Waals surface area contributed by atoms with Crippen molar-refractivity contribution in [1.82, 2.24) is 25.1 Å². The van der Waals surface area contributed by atoms with E-state index < -0.39 is 0 Å². The number of anilines is 1. The Morgan fingerprint density at radius 3 is 2.89 bits per heavy atom. The van der Waals surface area contributed by atoms with E-state index in [4.69, 9.17) is 4.42 Å². The smallest absolute Gasteiger partial charge is 0.232 e. The fraction of sp³-hybridized carbons (Fsp3) is 0.444. The zero-order valence-electron chi connectivity index (χ0n) is 15.8. The average molecular weight is 423 g/mol. The fourth-order valence-electron chi connectivity index (χ4n) is 3.19. The van der Waals surface area contributed by atoms with Crippen LogP contribution in [0.4, 0.5) is 5.95 Å². The molecular formula is C18H23ClN6O2S. The van der Waals surface area contributed by atoms with Crippen molar-refractivity contribution in [2.45, 2.75) is 32.1 Å². The number of nitrogens with one attached hydrogen (secondary N) is 2. The molecule has 0 bridgehead atoms. The molecular weight excluding hydrogens is 400 g/mol. The van der Waals surface area contributed by atoms with Gasteiger partial charge in [0.1, 0.15) is 5.76 Å². The Balaban J connectivity index is 0.00000225. The van der Waals surface area contributed by atoms with Crippen molar-refractivity contribution >= 4 is 35.6 Å². The molecule has 0 saturated carbocycles. The number of hydrogen-bond acceptors (Lipinski definition) is 7. The SMILES string of the molecule is Cc1oc(-c2ccsc2)nc1CC(=O)Nc1nc(C2CCNCC2)nn1C.Cl. The third kappa shape index (κ3) is 4.43. The first-order valence-electron chi connectivity index (χ1n) is 9.00. The molecule has 1 amide bonds. The Hall–Kier alpha value is -2.23. The highest BCUT2D eigenvalue weighted by Crippen LogP contribution is 2.25. The second-order valence-electron chi connectivity index (χ2n) is 6.70. The van der Waals surface area contributed by atoms with Crippen molar-refractivity contribution in [3.05, 3.63) is 34.1 Å². The quantitative estimate of drug-likeness (QED) is 0.656. The third-order valence-corrected chi connectivity index (χ3v) is 5.41. The van der Waals surface area contributed by atoms with Crippen LogP contribution in [0.15, 0.2) is 21.2 Å². The van der Waals surface area contributed by atoms with Gasteiger partial charge in [0.2, 0.25) is 17.7 Å². The summed E-state index contributed by atoms with van der Waals surface area (Å²) in [6, 6.07) is 1.95. The number of nitrogens with zero attached hydrogens (tertiary/aromatic N) is 4. The highest BCUT2D eigenvalue weighted by atomic mass is 35.5. The monoisotopic (exact) mass is 422 g/mol. The molecule has 3 aromatic rings. The van der Waals surface area contributed by atoms with E-state index >= 15 is 0 Å². The van der Waals surface area contributed by atoms with E-state index in [1.54, 1.807) is 23.1 Å². The number of rotatable bonds is 5. The van der Waals surface area contributed by atoms with Gasteiger partial charge in [0.25, 0.3) is 0 Å². The van der Waals surface area contributed by atoms with E-state index in [1.165, 1.54) is 0 Å². The van der Waals surface area contributed by atoms with Crippen LogP contribution in [-0.2, 0) is 18.3 Å². The van der Waals surface area contributed by atoms with E-state index in [9.17, 15) is 4.79 Å². The molecule has 0 atom stereocenters. The minimum absolute atomic E-state index is 0. The Morgan fingerprint density at radius 2 is 2.18 bits per heavy atom. The minimum Gasteiger partial charge on any atom is -0.441 e. The van der Waals surface area contributed by atoms with Crippen molar-refractivity contribution in [1.29, 1.82) is 0 Å².